The van der Waals surface area contributed by atoms with Crippen molar-refractivity contribution in [3.63, 3.8) is 0 Å². The Kier molecular flexibility index (Phi) is 5.69. The van der Waals surface area contributed by atoms with Gasteiger partial charge in [-0.05, 0) is 29.8 Å². The molecule has 28 heavy (non-hydrogen) atoms. The number of halogens is 1. The Bertz CT molecular complexity index is 1120. The molecule has 1 amide bonds. The van der Waals surface area contributed by atoms with Gasteiger partial charge >= 0.3 is 5.69 Å². The van der Waals surface area contributed by atoms with Gasteiger partial charge in [-0.2, -0.15) is 0 Å². The molecule has 0 saturated heterocycles. The van der Waals surface area contributed by atoms with Crippen molar-refractivity contribution in [2.45, 2.75) is 13.2 Å². The van der Waals surface area contributed by atoms with Crippen molar-refractivity contribution in [1.29, 1.82) is 0 Å². The van der Waals surface area contributed by atoms with Gasteiger partial charge in [0.2, 0.25) is 5.91 Å². The van der Waals surface area contributed by atoms with Gasteiger partial charge in [-0.1, -0.05) is 18.2 Å². The highest BCUT2D eigenvalue weighted by atomic mass is 19.1. The monoisotopic (exact) mass is 383 g/mol. The van der Waals surface area contributed by atoms with Crippen LogP contribution < -0.4 is 21.3 Å². The van der Waals surface area contributed by atoms with E-state index in [4.69, 9.17) is 4.74 Å². The van der Waals surface area contributed by atoms with Crippen LogP contribution in [-0.2, 0) is 25.0 Å². The van der Waals surface area contributed by atoms with E-state index in [-0.39, 0.29) is 19.0 Å². The van der Waals surface area contributed by atoms with Crippen LogP contribution >= 0.6 is 0 Å². The molecule has 1 N–H and O–H groups in total. The molecule has 1 aromatic heterocycles. The third kappa shape index (κ3) is 4.73. The number of anilines is 1. The van der Waals surface area contributed by atoms with Gasteiger partial charge < -0.3 is 10.1 Å². The highest BCUT2D eigenvalue weighted by Crippen LogP contribution is 2.19. The number of aromatic nitrogens is 2. The molecule has 0 unspecified atom stereocenters. The molecule has 0 aliphatic carbocycles. The van der Waals surface area contributed by atoms with Crippen LogP contribution in [0.25, 0.3) is 0 Å². The predicted octanol–water partition coefficient (Wildman–Crippen LogP) is 1.90. The van der Waals surface area contributed by atoms with E-state index in [0.717, 1.165) is 9.13 Å². The minimum Gasteiger partial charge on any atom is -0.489 e. The number of amides is 1. The summed E-state index contributed by atoms with van der Waals surface area (Å²) in [6, 6.07) is 14.0. The van der Waals surface area contributed by atoms with E-state index in [9.17, 15) is 18.8 Å². The molecule has 0 spiro atoms. The highest BCUT2D eigenvalue weighted by Gasteiger charge is 2.08. The molecule has 0 saturated carbocycles. The maximum absolute atomic E-state index is 13.2. The predicted molar refractivity (Wildman–Crippen MR) is 102 cm³/mol. The Morgan fingerprint density at radius 1 is 1.11 bits per heavy atom. The second kappa shape index (κ2) is 8.34. The lowest BCUT2D eigenvalue weighted by Gasteiger charge is -2.10. The molecule has 0 radical (unpaired) electrons. The van der Waals surface area contributed by atoms with Gasteiger partial charge in [0.1, 0.15) is 24.7 Å². The normalized spacial score (nSPS) is 10.5. The van der Waals surface area contributed by atoms with Crippen molar-refractivity contribution in [2.24, 2.45) is 7.05 Å². The van der Waals surface area contributed by atoms with Crippen molar-refractivity contribution in [3.05, 3.63) is 93.0 Å². The molecule has 1 heterocycles. The standard InChI is InChI=1S/C20H18FN3O4/c1-23-19(26)8-9-24(20(23)27)12-18(25)22-16-6-3-7-17(11-16)28-13-14-4-2-5-15(21)10-14/h2-11H,12-13H2,1H3,(H,22,25). The molecule has 144 valence electrons. The van der Waals surface area contributed by atoms with Gasteiger partial charge in [-0.25, -0.2) is 9.18 Å². The fourth-order valence-electron chi connectivity index (χ4n) is 2.55. The average Bonchev–Trinajstić information content (AvgIpc) is 2.67. The summed E-state index contributed by atoms with van der Waals surface area (Å²) < 4.78 is 20.9. The number of carbonyl (C=O) groups excluding carboxylic acids is 1. The van der Waals surface area contributed by atoms with E-state index in [1.807, 2.05) is 0 Å². The summed E-state index contributed by atoms with van der Waals surface area (Å²) in [5, 5.41) is 2.67. The number of carbonyl (C=O) groups is 1. The fourth-order valence-corrected chi connectivity index (χ4v) is 2.55. The number of nitrogens with one attached hydrogen (secondary N) is 1. The third-order valence-electron chi connectivity index (χ3n) is 3.99. The van der Waals surface area contributed by atoms with E-state index in [1.165, 1.54) is 31.4 Å². The van der Waals surface area contributed by atoms with Crippen LogP contribution in [0.3, 0.4) is 0 Å². The van der Waals surface area contributed by atoms with Crippen LogP contribution in [0, 0.1) is 5.82 Å². The summed E-state index contributed by atoms with van der Waals surface area (Å²) >= 11 is 0. The molecule has 0 bridgehead atoms. The zero-order chi connectivity index (χ0) is 20.1. The molecular weight excluding hydrogens is 365 g/mol. The second-order valence-corrected chi connectivity index (χ2v) is 6.12. The lowest BCUT2D eigenvalue weighted by atomic mass is 10.2. The van der Waals surface area contributed by atoms with E-state index in [0.29, 0.717) is 17.0 Å². The van der Waals surface area contributed by atoms with Crippen LogP contribution in [0.15, 0.2) is 70.4 Å². The van der Waals surface area contributed by atoms with E-state index in [2.05, 4.69) is 5.32 Å². The average molecular weight is 383 g/mol. The zero-order valence-electron chi connectivity index (χ0n) is 15.1. The van der Waals surface area contributed by atoms with E-state index < -0.39 is 17.2 Å². The van der Waals surface area contributed by atoms with Crippen molar-refractivity contribution in [3.8, 4) is 5.75 Å². The summed E-state index contributed by atoms with van der Waals surface area (Å²) in [5.74, 6) is -0.264. The zero-order valence-corrected chi connectivity index (χ0v) is 15.1. The first-order chi connectivity index (χ1) is 13.4. The van der Waals surface area contributed by atoms with Crippen molar-refractivity contribution in [2.75, 3.05) is 5.32 Å². The largest absolute Gasteiger partial charge is 0.489 e. The number of ether oxygens (including phenoxy) is 1. The van der Waals surface area contributed by atoms with Gasteiger partial charge in [0.15, 0.2) is 0 Å². The van der Waals surface area contributed by atoms with Crippen molar-refractivity contribution >= 4 is 11.6 Å². The van der Waals surface area contributed by atoms with Gasteiger partial charge in [-0.3, -0.25) is 18.7 Å². The highest BCUT2D eigenvalue weighted by molar-refractivity contribution is 5.90. The summed E-state index contributed by atoms with van der Waals surface area (Å²) in [7, 11) is 1.35. The topological polar surface area (TPSA) is 82.3 Å². The number of benzene rings is 2. The molecular formula is C20H18FN3O4. The summed E-state index contributed by atoms with van der Waals surface area (Å²) in [6.07, 6.45) is 1.28. The Labute approximate surface area is 159 Å². The van der Waals surface area contributed by atoms with Crippen molar-refractivity contribution < 1.29 is 13.9 Å². The Balaban J connectivity index is 1.64. The van der Waals surface area contributed by atoms with Crippen molar-refractivity contribution in [1.82, 2.24) is 9.13 Å². The number of hydrogen-bond acceptors (Lipinski definition) is 4. The lowest BCUT2D eigenvalue weighted by molar-refractivity contribution is -0.116. The molecule has 0 fully saturated rings. The molecule has 0 aliphatic rings. The Hall–Kier alpha value is -3.68. The van der Waals surface area contributed by atoms with Gasteiger partial charge in [0.05, 0.1) is 0 Å². The maximum atomic E-state index is 13.2. The minimum absolute atomic E-state index is 0.183. The van der Waals surface area contributed by atoms with Crippen LogP contribution in [0.2, 0.25) is 0 Å². The first kappa shape index (κ1) is 19.1. The fraction of sp³-hybridized carbons (Fsp3) is 0.150. The van der Waals surface area contributed by atoms with E-state index in [1.54, 1.807) is 36.4 Å². The molecule has 0 atom stereocenters. The van der Waals surface area contributed by atoms with Crippen LogP contribution in [0.5, 0.6) is 5.75 Å². The summed E-state index contributed by atoms with van der Waals surface area (Å²) in [4.78, 5) is 35.6. The second-order valence-electron chi connectivity index (χ2n) is 6.12. The molecule has 8 heteroatoms. The smallest absolute Gasteiger partial charge is 0.331 e. The molecule has 0 aliphatic heterocycles. The number of rotatable bonds is 6. The first-order valence-electron chi connectivity index (χ1n) is 8.46. The molecule has 3 rings (SSSR count). The van der Waals surface area contributed by atoms with Gasteiger partial charge in [-0.15, -0.1) is 0 Å². The van der Waals surface area contributed by atoms with Crippen LogP contribution in [0.4, 0.5) is 10.1 Å². The molecule has 7 nitrogen and oxygen atoms in total. The summed E-state index contributed by atoms with van der Waals surface area (Å²) in [6.45, 7) is -0.0517. The lowest BCUT2D eigenvalue weighted by Crippen LogP contribution is -2.38. The van der Waals surface area contributed by atoms with Crippen LogP contribution in [-0.4, -0.2) is 15.0 Å². The maximum Gasteiger partial charge on any atom is 0.331 e. The van der Waals surface area contributed by atoms with Gasteiger partial charge in [0.25, 0.3) is 5.56 Å². The molecule has 2 aromatic carbocycles. The Morgan fingerprint density at radius 3 is 2.68 bits per heavy atom. The number of nitrogens with zero attached hydrogens (tertiary/aromatic N) is 2. The number of hydrogen-bond donors (Lipinski definition) is 1. The quantitative estimate of drug-likeness (QED) is 0.705. The SMILES string of the molecule is Cn1c(=O)ccn(CC(=O)Nc2cccc(OCc3cccc(F)c3)c2)c1=O. The van der Waals surface area contributed by atoms with Gasteiger partial charge in [0, 0.05) is 31.1 Å². The molecule has 3 aromatic rings. The Morgan fingerprint density at radius 2 is 1.89 bits per heavy atom. The van der Waals surface area contributed by atoms with E-state index >= 15 is 0 Å². The van der Waals surface area contributed by atoms with Crippen LogP contribution in [0.1, 0.15) is 5.56 Å². The summed E-state index contributed by atoms with van der Waals surface area (Å²) in [5.41, 5.74) is 0.155. The third-order valence-corrected chi connectivity index (χ3v) is 3.99. The minimum atomic E-state index is -0.574. The first-order valence-corrected chi connectivity index (χ1v) is 8.46.